The zero-order chi connectivity index (χ0) is 19.5. The third-order valence-corrected chi connectivity index (χ3v) is 5.58. The number of carbonyl (C=O) groups is 1. The van der Waals surface area contributed by atoms with E-state index in [1.54, 1.807) is 0 Å². The van der Waals surface area contributed by atoms with Crippen LogP contribution in [0.1, 0.15) is 83.9 Å². The second-order valence-electron chi connectivity index (χ2n) is 9.84. The Hall–Kier alpha value is -1.35. The molecule has 0 heterocycles. The lowest BCUT2D eigenvalue weighted by Crippen LogP contribution is -2.23. The zero-order valence-corrected chi connectivity index (χ0v) is 17.4. The Kier molecular flexibility index (Phi) is 6.55. The molecule has 3 heteroatoms. The van der Waals surface area contributed by atoms with Gasteiger partial charge in [0, 0.05) is 0 Å². The average molecular weight is 361 g/mol. The fourth-order valence-corrected chi connectivity index (χ4v) is 4.03. The van der Waals surface area contributed by atoms with Gasteiger partial charge in [0.2, 0.25) is 0 Å². The molecule has 0 aliphatic heterocycles. The number of ether oxygens (including phenoxy) is 1. The largest absolute Gasteiger partial charge is 0.480 e. The highest BCUT2D eigenvalue weighted by atomic mass is 16.5. The van der Waals surface area contributed by atoms with E-state index in [-0.39, 0.29) is 23.5 Å². The van der Waals surface area contributed by atoms with Gasteiger partial charge in [-0.3, -0.25) is 0 Å². The van der Waals surface area contributed by atoms with Crippen LogP contribution in [0.3, 0.4) is 0 Å². The summed E-state index contributed by atoms with van der Waals surface area (Å²) >= 11 is 0. The smallest absolute Gasteiger partial charge is 0.329 e. The summed E-state index contributed by atoms with van der Waals surface area (Å²) in [6, 6.07) is 6.98. The lowest BCUT2D eigenvalue weighted by atomic mass is 9.77. The van der Waals surface area contributed by atoms with Crippen LogP contribution in [0.2, 0.25) is 0 Å². The minimum Gasteiger partial charge on any atom is -0.480 e. The molecule has 0 unspecified atom stereocenters. The summed E-state index contributed by atoms with van der Waals surface area (Å²) < 4.78 is 5.63. The first-order valence-corrected chi connectivity index (χ1v) is 9.96. The quantitative estimate of drug-likeness (QED) is 0.730. The van der Waals surface area contributed by atoms with Crippen LogP contribution in [0.5, 0.6) is 0 Å². The van der Waals surface area contributed by atoms with Gasteiger partial charge in [0.25, 0.3) is 0 Å². The van der Waals surface area contributed by atoms with E-state index >= 15 is 0 Å². The Balaban J connectivity index is 2.12. The molecule has 0 amide bonds. The molecule has 0 bridgehead atoms. The first-order chi connectivity index (χ1) is 12.0. The van der Waals surface area contributed by atoms with Gasteiger partial charge in [0.15, 0.2) is 0 Å². The summed E-state index contributed by atoms with van der Waals surface area (Å²) in [6.07, 6.45) is 5.50. The number of aryl methyl sites for hydroxylation is 1. The van der Waals surface area contributed by atoms with Gasteiger partial charge in [-0.25, -0.2) is 4.79 Å². The molecule has 0 radical (unpaired) electrons. The molecule has 0 aromatic heterocycles. The first kappa shape index (κ1) is 21.0. The number of hydrogen-bond donors (Lipinski definition) is 1. The van der Waals surface area contributed by atoms with Crippen LogP contribution in [0, 0.1) is 5.92 Å². The number of rotatable bonds is 6. The molecule has 2 atom stereocenters. The van der Waals surface area contributed by atoms with Gasteiger partial charge < -0.3 is 9.84 Å². The van der Waals surface area contributed by atoms with Crippen molar-refractivity contribution in [1.82, 2.24) is 0 Å². The van der Waals surface area contributed by atoms with Gasteiger partial charge in [-0.1, -0.05) is 66.2 Å². The van der Waals surface area contributed by atoms with E-state index in [9.17, 15) is 4.79 Å². The minimum atomic E-state index is -0.872. The topological polar surface area (TPSA) is 46.5 Å². The van der Waals surface area contributed by atoms with Crippen molar-refractivity contribution in [2.45, 2.75) is 90.6 Å². The number of benzene rings is 1. The monoisotopic (exact) mass is 360 g/mol. The molecule has 1 N–H and O–H groups in total. The summed E-state index contributed by atoms with van der Waals surface area (Å²) in [5, 5.41) is 8.86. The second kappa shape index (κ2) is 8.12. The molecule has 2 rings (SSSR count). The van der Waals surface area contributed by atoms with Crippen molar-refractivity contribution < 1.29 is 14.6 Å². The molecule has 1 aliphatic carbocycles. The summed E-state index contributed by atoms with van der Waals surface area (Å²) in [5.74, 6) is -0.395. The third kappa shape index (κ3) is 5.57. The standard InChI is InChI=1S/C23H36O3/c1-22(2,3)18-13-12-16(19(14-18)23(4,5)6)10-11-17-8-7-9-20(17)26-15-21(24)25/h12-14,17,20H,7-11,15H2,1-6H3,(H,24,25)/t17-,20-/m1/s1. The Morgan fingerprint density at radius 3 is 2.38 bits per heavy atom. The Bertz CT molecular complexity index is 619. The Morgan fingerprint density at radius 2 is 1.81 bits per heavy atom. The maximum absolute atomic E-state index is 10.8. The summed E-state index contributed by atoms with van der Waals surface area (Å²) in [6.45, 7) is 13.5. The van der Waals surface area contributed by atoms with Crippen LogP contribution < -0.4 is 0 Å². The van der Waals surface area contributed by atoms with Crippen molar-refractivity contribution in [1.29, 1.82) is 0 Å². The molecule has 0 spiro atoms. The predicted molar refractivity (Wildman–Crippen MR) is 107 cm³/mol. The highest BCUT2D eigenvalue weighted by Gasteiger charge is 2.29. The lowest BCUT2D eigenvalue weighted by molar-refractivity contribution is -0.145. The van der Waals surface area contributed by atoms with Crippen molar-refractivity contribution in [2.24, 2.45) is 5.92 Å². The number of hydrogen-bond acceptors (Lipinski definition) is 2. The summed E-state index contributed by atoms with van der Waals surface area (Å²) in [4.78, 5) is 10.8. The van der Waals surface area contributed by atoms with E-state index in [0.29, 0.717) is 5.92 Å². The van der Waals surface area contributed by atoms with Crippen LogP contribution in [-0.4, -0.2) is 23.8 Å². The molecular weight excluding hydrogens is 324 g/mol. The minimum absolute atomic E-state index is 0.109. The molecule has 146 valence electrons. The number of aliphatic carboxylic acids is 1. The fourth-order valence-electron chi connectivity index (χ4n) is 4.03. The average Bonchev–Trinajstić information content (AvgIpc) is 2.96. The van der Waals surface area contributed by atoms with E-state index in [4.69, 9.17) is 9.84 Å². The maximum atomic E-state index is 10.8. The molecule has 1 aromatic rings. The second-order valence-corrected chi connectivity index (χ2v) is 9.84. The normalized spacial score (nSPS) is 21.2. The van der Waals surface area contributed by atoms with Crippen LogP contribution >= 0.6 is 0 Å². The summed E-state index contributed by atoms with van der Waals surface area (Å²) in [5.41, 5.74) is 4.51. The predicted octanol–water partition coefficient (Wildman–Crippen LogP) is 5.48. The zero-order valence-electron chi connectivity index (χ0n) is 17.4. The number of carboxylic acid groups (broad SMARTS) is 1. The number of carboxylic acids is 1. The van der Waals surface area contributed by atoms with Crippen LogP contribution in [0.15, 0.2) is 18.2 Å². The van der Waals surface area contributed by atoms with Gasteiger partial charge >= 0.3 is 5.97 Å². The van der Waals surface area contributed by atoms with Crippen LogP contribution in [-0.2, 0) is 26.8 Å². The van der Waals surface area contributed by atoms with Crippen molar-refractivity contribution >= 4 is 5.97 Å². The Morgan fingerprint density at radius 1 is 1.12 bits per heavy atom. The van der Waals surface area contributed by atoms with Crippen LogP contribution in [0.4, 0.5) is 0 Å². The lowest BCUT2D eigenvalue weighted by Gasteiger charge is -2.28. The first-order valence-electron chi connectivity index (χ1n) is 9.96. The highest BCUT2D eigenvalue weighted by Crippen LogP contribution is 2.35. The van der Waals surface area contributed by atoms with Crippen molar-refractivity contribution in [3.63, 3.8) is 0 Å². The van der Waals surface area contributed by atoms with E-state index in [1.165, 1.54) is 16.7 Å². The molecule has 1 aliphatic rings. The molecule has 26 heavy (non-hydrogen) atoms. The van der Waals surface area contributed by atoms with Gasteiger partial charge in [-0.15, -0.1) is 0 Å². The molecule has 0 saturated heterocycles. The van der Waals surface area contributed by atoms with Gasteiger partial charge in [-0.05, 0) is 59.1 Å². The van der Waals surface area contributed by atoms with E-state index in [2.05, 4.69) is 59.7 Å². The third-order valence-electron chi connectivity index (χ3n) is 5.58. The van der Waals surface area contributed by atoms with E-state index < -0.39 is 5.97 Å². The SMILES string of the molecule is CC(C)(C)c1ccc(CC[C@H]2CCC[C@H]2OCC(=O)O)c(C(C)(C)C)c1. The Labute approximate surface area is 159 Å². The molecule has 1 fully saturated rings. The van der Waals surface area contributed by atoms with Crippen molar-refractivity contribution in [3.05, 3.63) is 34.9 Å². The van der Waals surface area contributed by atoms with E-state index in [1.807, 2.05) is 0 Å². The molecule has 1 aromatic carbocycles. The highest BCUT2D eigenvalue weighted by molar-refractivity contribution is 5.68. The maximum Gasteiger partial charge on any atom is 0.329 e. The van der Waals surface area contributed by atoms with E-state index in [0.717, 1.165) is 32.1 Å². The van der Waals surface area contributed by atoms with Gasteiger partial charge in [0.1, 0.15) is 6.61 Å². The van der Waals surface area contributed by atoms with Crippen molar-refractivity contribution in [2.75, 3.05) is 6.61 Å². The molecular formula is C23H36O3. The summed E-state index contributed by atoms with van der Waals surface area (Å²) in [7, 11) is 0. The van der Waals surface area contributed by atoms with Crippen LogP contribution in [0.25, 0.3) is 0 Å². The van der Waals surface area contributed by atoms with Gasteiger partial charge in [0.05, 0.1) is 6.10 Å². The molecule has 3 nitrogen and oxygen atoms in total. The van der Waals surface area contributed by atoms with Gasteiger partial charge in [-0.2, -0.15) is 0 Å². The fraction of sp³-hybridized carbons (Fsp3) is 0.696. The van der Waals surface area contributed by atoms with Crippen molar-refractivity contribution in [3.8, 4) is 0 Å². The molecule has 1 saturated carbocycles.